The van der Waals surface area contributed by atoms with E-state index in [1.165, 1.54) is 24.3 Å². The van der Waals surface area contributed by atoms with Crippen LogP contribution in [0.3, 0.4) is 0 Å². The maximum atomic E-state index is 12.8. The topological polar surface area (TPSA) is 118 Å². The molecule has 0 bridgehead atoms. The Balaban J connectivity index is 1.86. The lowest BCUT2D eigenvalue weighted by Gasteiger charge is -2.24. The maximum absolute atomic E-state index is 12.8. The van der Waals surface area contributed by atoms with Crippen LogP contribution in [0.4, 0.5) is 11.4 Å². The maximum Gasteiger partial charge on any atom is 0.316 e. The smallest absolute Gasteiger partial charge is 0.274 e. The Morgan fingerprint density at radius 2 is 1.62 bits per heavy atom. The lowest BCUT2D eigenvalue weighted by atomic mass is 10.0. The van der Waals surface area contributed by atoms with Gasteiger partial charge >= 0.3 is 10.5 Å². The molecule has 3 rings (SSSR count). The highest BCUT2D eigenvalue weighted by Crippen LogP contribution is 2.33. The standard InChI is InChI=1S/C16H18N2O6S2/c19-15-10-14(26(23,24)13-4-2-1-3-5-13)16(20)18(15)12-8-6-11(7-9-12)17-25(21)22/h6-9,13-14H,1-5,10H2. The molecule has 1 atom stereocenters. The van der Waals surface area contributed by atoms with E-state index in [1.54, 1.807) is 0 Å². The minimum Gasteiger partial charge on any atom is -0.274 e. The van der Waals surface area contributed by atoms with Gasteiger partial charge in [0.05, 0.1) is 23.0 Å². The van der Waals surface area contributed by atoms with Crippen molar-refractivity contribution in [2.75, 3.05) is 4.90 Å². The Kier molecular flexibility index (Phi) is 5.24. The number of benzene rings is 1. The summed E-state index contributed by atoms with van der Waals surface area (Å²) in [7, 11) is -6.33. The summed E-state index contributed by atoms with van der Waals surface area (Å²) in [6.45, 7) is 0. The summed E-state index contributed by atoms with van der Waals surface area (Å²) in [5.74, 6) is -1.31. The molecule has 0 radical (unpaired) electrons. The molecule has 1 aliphatic heterocycles. The van der Waals surface area contributed by atoms with Crippen LogP contribution in [0.5, 0.6) is 0 Å². The van der Waals surface area contributed by atoms with Crippen LogP contribution in [0.25, 0.3) is 0 Å². The van der Waals surface area contributed by atoms with Crippen LogP contribution in [0, 0.1) is 0 Å². The Morgan fingerprint density at radius 3 is 2.19 bits per heavy atom. The van der Waals surface area contributed by atoms with Gasteiger partial charge in [-0.3, -0.25) is 9.59 Å². The third-order valence-corrected chi connectivity index (χ3v) is 7.73. The molecule has 10 heteroatoms. The molecule has 0 aromatic heterocycles. The van der Waals surface area contributed by atoms with Crippen LogP contribution in [-0.2, 0) is 29.9 Å². The summed E-state index contributed by atoms with van der Waals surface area (Å²) in [5.41, 5.74) is 0.351. The van der Waals surface area contributed by atoms with Crippen molar-refractivity contribution in [2.45, 2.75) is 49.0 Å². The van der Waals surface area contributed by atoms with Crippen molar-refractivity contribution in [3.05, 3.63) is 24.3 Å². The fourth-order valence-corrected chi connectivity index (χ4v) is 6.02. The van der Waals surface area contributed by atoms with Crippen molar-refractivity contribution in [3.63, 3.8) is 0 Å². The number of carbonyl (C=O) groups excluding carboxylic acids is 2. The molecular formula is C16H18N2O6S2. The molecule has 1 saturated carbocycles. The first kappa shape index (κ1) is 18.7. The van der Waals surface area contributed by atoms with Gasteiger partial charge in [0.15, 0.2) is 9.84 Å². The number of sulfone groups is 1. The van der Waals surface area contributed by atoms with E-state index >= 15 is 0 Å². The van der Waals surface area contributed by atoms with Crippen LogP contribution in [0.15, 0.2) is 28.6 Å². The van der Waals surface area contributed by atoms with Gasteiger partial charge < -0.3 is 0 Å². The number of hydrogen-bond donors (Lipinski definition) is 0. The first-order chi connectivity index (χ1) is 12.3. The Labute approximate surface area is 152 Å². The zero-order valence-corrected chi connectivity index (χ0v) is 15.5. The quantitative estimate of drug-likeness (QED) is 0.713. The monoisotopic (exact) mass is 398 g/mol. The van der Waals surface area contributed by atoms with Crippen LogP contribution in [0.1, 0.15) is 38.5 Å². The van der Waals surface area contributed by atoms with Crippen molar-refractivity contribution in [1.29, 1.82) is 0 Å². The van der Waals surface area contributed by atoms with E-state index in [9.17, 15) is 26.4 Å². The van der Waals surface area contributed by atoms with E-state index in [1.807, 2.05) is 0 Å². The molecule has 1 saturated heterocycles. The summed E-state index contributed by atoms with van der Waals surface area (Å²) < 4.78 is 50.1. The highest BCUT2D eigenvalue weighted by atomic mass is 32.2. The predicted molar refractivity (Wildman–Crippen MR) is 94.1 cm³/mol. The normalized spacial score (nSPS) is 21.8. The molecule has 1 aliphatic carbocycles. The molecule has 26 heavy (non-hydrogen) atoms. The largest absolute Gasteiger partial charge is 0.316 e. The molecule has 2 aliphatic rings. The number of anilines is 1. The second-order valence-corrected chi connectivity index (χ2v) is 9.46. The van der Waals surface area contributed by atoms with E-state index in [0.29, 0.717) is 12.8 Å². The van der Waals surface area contributed by atoms with Crippen molar-refractivity contribution >= 4 is 43.5 Å². The summed E-state index contributed by atoms with van der Waals surface area (Å²) in [6.07, 6.45) is 3.32. The minimum absolute atomic E-state index is 0.146. The molecule has 0 spiro atoms. The predicted octanol–water partition coefficient (Wildman–Crippen LogP) is 1.76. The fourth-order valence-electron chi connectivity index (χ4n) is 3.51. The van der Waals surface area contributed by atoms with Gasteiger partial charge in [0.2, 0.25) is 5.91 Å². The van der Waals surface area contributed by atoms with Gasteiger partial charge in [-0.15, -0.1) is 4.36 Å². The van der Waals surface area contributed by atoms with E-state index in [4.69, 9.17) is 0 Å². The van der Waals surface area contributed by atoms with Crippen LogP contribution < -0.4 is 4.90 Å². The van der Waals surface area contributed by atoms with Gasteiger partial charge in [-0.2, -0.15) is 8.42 Å². The number of imide groups is 1. The molecule has 140 valence electrons. The highest BCUT2D eigenvalue weighted by Gasteiger charge is 2.49. The van der Waals surface area contributed by atoms with Crippen molar-refractivity contribution in [3.8, 4) is 0 Å². The number of carbonyl (C=O) groups is 2. The van der Waals surface area contributed by atoms with Crippen molar-refractivity contribution in [2.24, 2.45) is 4.36 Å². The lowest BCUT2D eigenvalue weighted by Crippen LogP contribution is -2.40. The average Bonchev–Trinajstić information content (AvgIpc) is 2.91. The van der Waals surface area contributed by atoms with Crippen molar-refractivity contribution in [1.82, 2.24) is 0 Å². The third kappa shape index (κ3) is 3.56. The molecule has 1 unspecified atom stereocenters. The molecular weight excluding hydrogens is 380 g/mol. The Bertz CT molecular complexity index is 952. The summed E-state index contributed by atoms with van der Waals surface area (Å²) in [5, 5.41) is -1.90. The molecule has 1 heterocycles. The minimum atomic E-state index is -3.72. The lowest BCUT2D eigenvalue weighted by molar-refractivity contribution is -0.121. The van der Waals surface area contributed by atoms with E-state index in [2.05, 4.69) is 4.36 Å². The van der Waals surface area contributed by atoms with E-state index < -0.39 is 42.7 Å². The average molecular weight is 398 g/mol. The zero-order chi connectivity index (χ0) is 18.9. The first-order valence-electron chi connectivity index (χ1n) is 8.31. The third-order valence-electron chi connectivity index (χ3n) is 4.81. The van der Waals surface area contributed by atoms with Gasteiger partial charge in [0.25, 0.3) is 5.91 Å². The highest BCUT2D eigenvalue weighted by molar-refractivity contribution is 7.93. The zero-order valence-electron chi connectivity index (χ0n) is 13.9. The molecule has 1 aromatic rings. The van der Waals surface area contributed by atoms with Crippen LogP contribution in [0.2, 0.25) is 0 Å². The molecule has 0 N–H and O–H groups in total. The van der Waals surface area contributed by atoms with Gasteiger partial charge in [0, 0.05) is 0 Å². The second kappa shape index (κ2) is 7.28. The number of amides is 2. The van der Waals surface area contributed by atoms with Gasteiger partial charge in [-0.1, -0.05) is 19.3 Å². The van der Waals surface area contributed by atoms with Gasteiger partial charge in [0.1, 0.15) is 5.25 Å². The van der Waals surface area contributed by atoms with Crippen molar-refractivity contribution < 1.29 is 26.4 Å². The summed E-state index contributed by atoms with van der Waals surface area (Å²) >= 11 is 0. The Hall–Kier alpha value is -2.07. The fraction of sp³-hybridized carbons (Fsp3) is 0.500. The van der Waals surface area contributed by atoms with Crippen LogP contribution >= 0.6 is 0 Å². The van der Waals surface area contributed by atoms with Gasteiger partial charge in [-0.05, 0) is 37.1 Å². The molecule has 2 fully saturated rings. The first-order valence-corrected chi connectivity index (χ1v) is 11.0. The van der Waals surface area contributed by atoms with Gasteiger partial charge in [-0.25, -0.2) is 13.3 Å². The summed E-state index contributed by atoms with van der Waals surface area (Å²) in [4.78, 5) is 25.8. The number of rotatable bonds is 4. The SMILES string of the molecule is O=C1CC(S(=O)(=O)C2CCCCC2)C(=O)N1c1ccc(N=S(=O)=O)cc1. The molecule has 8 nitrogen and oxygen atoms in total. The molecule has 2 amide bonds. The van der Waals surface area contributed by atoms with E-state index in [-0.39, 0.29) is 17.8 Å². The van der Waals surface area contributed by atoms with Crippen LogP contribution in [-0.4, -0.2) is 39.1 Å². The molecule has 1 aromatic carbocycles. The second-order valence-electron chi connectivity index (χ2n) is 6.43. The van der Waals surface area contributed by atoms with E-state index in [0.717, 1.165) is 24.2 Å². The number of hydrogen-bond acceptors (Lipinski definition) is 7. The Morgan fingerprint density at radius 1 is 1.00 bits per heavy atom. The number of nitrogens with zero attached hydrogens (tertiary/aromatic N) is 2. The summed E-state index contributed by atoms with van der Waals surface area (Å²) in [6, 6.07) is 5.43.